The number of ether oxygens (including phenoxy) is 1. The fraction of sp³-hybridized carbons (Fsp3) is 0.385. The first kappa shape index (κ1) is 12.9. The van der Waals surface area contributed by atoms with Gasteiger partial charge < -0.3 is 19.4 Å². The first-order valence-electron chi connectivity index (χ1n) is 6.42. The summed E-state index contributed by atoms with van der Waals surface area (Å²) >= 11 is 0. The molecule has 0 spiro atoms. The molecule has 1 aliphatic heterocycles. The van der Waals surface area contributed by atoms with Crippen molar-refractivity contribution in [3.8, 4) is 11.5 Å². The van der Waals surface area contributed by atoms with Gasteiger partial charge >= 0.3 is 6.01 Å². The van der Waals surface area contributed by atoms with Crippen LogP contribution < -0.4 is 10.2 Å². The summed E-state index contributed by atoms with van der Waals surface area (Å²) in [5, 5.41) is 10.3. The number of rotatable bonds is 3. The van der Waals surface area contributed by atoms with Crippen molar-refractivity contribution in [2.45, 2.75) is 0 Å². The number of morpholine rings is 1. The van der Waals surface area contributed by atoms with Gasteiger partial charge in [-0.1, -0.05) is 5.10 Å². The second-order valence-corrected chi connectivity index (χ2v) is 4.43. The Morgan fingerprint density at radius 2 is 2.05 bits per heavy atom. The summed E-state index contributed by atoms with van der Waals surface area (Å²) in [6, 6.07) is 5.26. The molecule has 1 aliphatic rings. The molecule has 1 aromatic carbocycles. The topological polar surface area (TPSA) is 63.4 Å². The van der Waals surface area contributed by atoms with Crippen LogP contribution in [-0.2, 0) is 4.74 Å². The molecule has 20 heavy (non-hydrogen) atoms. The Labute approximate surface area is 115 Å². The second kappa shape index (κ2) is 5.46. The Hall–Kier alpha value is -2.15. The maximum atomic E-state index is 14.2. The molecule has 0 bridgehead atoms. The van der Waals surface area contributed by atoms with Gasteiger partial charge in [-0.15, -0.1) is 5.10 Å². The molecule has 0 amide bonds. The van der Waals surface area contributed by atoms with Crippen molar-refractivity contribution in [1.82, 2.24) is 10.2 Å². The molecule has 1 fully saturated rings. The van der Waals surface area contributed by atoms with Crippen LogP contribution >= 0.6 is 0 Å². The molecular formula is C13H15FN4O2. The minimum Gasteiger partial charge on any atom is -0.403 e. The molecule has 3 rings (SSSR count). The van der Waals surface area contributed by atoms with Crippen LogP contribution in [0.1, 0.15) is 0 Å². The van der Waals surface area contributed by atoms with Gasteiger partial charge in [0, 0.05) is 25.8 Å². The second-order valence-electron chi connectivity index (χ2n) is 4.43. The van der Waals surface area contributed by atoms with E-state index in [4.69, 9.17) is 9.15 Å². The summed E-state index contributed by atoms with van der Waals surface area (Å²) in [7, 11) is 1.66. The molecule has 7 heteroatoms. The molecule has 0 aliphatic carbocycles. The Morgan fingerprint density at radius 1 is 1.25 bits per heavy atom. The summed E-state index contributed by atoms with van der Waals surface area (Å²) in [5.74, 6) is -0.208. The fourth-order valence-corrected chi connectivity index (χ4v) is 2.13. The van der Waals surface area contributed by atoms with E-state index in [0.29, 0.717) is 18.8 Å². The lowest BCUT2D eigenvalue weighted by molar-refractivity contribution is 0.122. The highest BCUT2D eigenvalue weighted by Crippen LogP contribution is 2.27. The third kappa shape index (κ3) is 2.44. The van der Waals surface area contributed by atoms with E-state index in [1.54, 1.807) is 13.1 Å². The maximum Gasteiger partial charge on any atom is 0.315 e. The summed E-state index contributed by atoms with van der Waals surface area (Å²) in [4.78, 5) is 2.09. The van der Waals surface area contributed by atoms with E-state index >= 15 is 0 Å². The van der Waals surface area contributed by atoms with E-state index in [2.05, 4.69) is 20.4 Å². The van der Waals surface area contributed by atoms with Gasteiger partial charge in [0.2, 0.25) is 0 Å². The Kier molecular flexibility index (Phi) is 3.51. The first-order valence-corrected chi connectivity index (χ1v) is 6.42. The van der Waals surface area contributed by atoms with E-state index in [1.807, 2.05) is 6.07 Å². The average molecular weight is 278 g/mol. The van der Waals surface area contributed by atoms with Crippen LogP contribution in [0.25, 0.3) is 11.5 Å². The molecule has 6 nitrogen and oxygen atoms in total. The van der Waals surface area contributed by atoms with Crippen molar-refractivity contribution in [3.05, 3.63) is 24.0 Å². The average Bonchev–Trinajstić information content (AvgIpc) is 2.97. The summed E-state index contributed by atoms with van der Waals surface area (Å²) in [6.07, 6.45) is 0. The number of nitrogens with zero attached hydrogens (tertiary/aromatic N) is 3. The smallest absolute Gasteiger partial charge is 0.315 e. The number of aromatic nitrogens is 2. The Balaban J connectivity index is 1.86. The van der Waals surface area contributed by atoms with Gasteiger partial charge in [0.15, 0.2) is 0 Å². The zero-order chi connectivity index (χ0) is 13.9. The minimum atomic E-state index is -0.375. The fourth-order valence-electron chi connectivity index (χ4n) is 2.13. The number of benzene rings is 1. The standard InChI is InChI=1S/C13H15FN4O2/c1-15-13-17-16-12(20-13)10-3-2-9(8-11(10)14)18-4-6-19-7-5-18/h2-3,8H,4-7H2,1H3,(H,15,17). The van der Waals surface area contributed by atoms with Crippen molar-refractivity contribution in [3.63, 3.8) is 0 Å². The lowest BCUT2D eigenvalue weighted by Crippen LogP contribution is -2.36. The largest absolute Gasteiger partial charge is 0.403 e. The van der Waals surface area contributed by atoms with Gasteiger partial charge in [0.1, 0.15) is 5.82 Å². The molecule has 0 radical (unpaired) electrons. The number of hydrogen-bond donors (Lipinski definition) is 1. The van der Waals surface area contributed by atoms with Crippen molar-refractivity contribution in [2.75, 3.05) is 43.6 Å². The molecule has 106 valence electrons. The zero-order valence-corrected chi connectivity index (χ0v) is 11.1. The predicted molar refractivity (Wildman–Crippen MR) is 72.3 cm³/mol. The zero-order valence-electron chi connectivity index (χ0n) is 11.1. The predicted octanol–water partition coefficient (Wildman–Crippen LogP) is 1.75. The molecule has 1 saturated heterocycles. The monoisotopic (exact) mass is 278 g/mol. The van der Waals surface area contributed by atoms with Crippen LogP contribution in [0, 0.1) is 5.82 Å². The number of anilines is 2. The van der Waals surface area contributed by atoms with Gasteiger partial charge in [0.05, 0.1) is 18.8 Å². The third-order valence-corrected chi connectivity index (χ3v) is 3.20. The lowest BCUT2D eigenvalue weighted by atomic mass is 10.1. The number of hydrogen-bond acceptors (Lipinski definition) is 6. The van der Waals surface area contributed by atoms with Gasteiger partial charge in [-0.05, 0) is 18.2 Å². The number of nitrogens with one attached hydrogen (secondary N) is 1. The quantitative estimate of drug-likeness (QED) is 0.923. The molecule has 0 atom stereocenters. The summed E-state index contributed by atoms with van der Waals surface area (Å²) in [5.41, 5.74) is 1.14. The normalized spacial score (nSPS) is 15.4. The van der Waals surface area contributed by atoms with Crippen molar-refractivity contribution in [2.24, 2.45) is 0 Å². The highest BCUT2D eigenvalue weighted by molar-refractivity contribution is 5.60. The van der Waals surface area contributed by atoms with E-state index in [-0.39, 0.29) is 17.7 Å². The summed E-state index contributed by atoms with van der Waals surface area (Å²) in [6.45, 7) is 2.86. The van der Waals surface area contributed by atoms with Crippen molar-refractivity contribution < 1.29 is 13.5 Å². The van der Waals surface area contributed by atoms with Crippen LogP contribution in [0.3, 0.4) is 0 Å². The third-order valence-electron chi connectivity index (χ3n) is 3.20. The highest BCUT2D eigenvalue weighted by atomic mass is 19.1. The van der Waals surface area contributed by atoms with Gasteiger partial charge in [0.25, 0.3) is 5.89 Å². The highest BCUT2D eigenvalue weighted by Gasteiger charge is 2.16. The van der Waals surface area contributed by atoms with E-state index in [9.17, 15) is 4.39 Å². The molecule has 2 heterocycles. The molecule has 1 aromatic heterocycles. The van der Waals surface area contributed by atoms with Gasteiger partial charge in [-0.3, -0.25) is 0 Å². The van der Waals surface area contributed by atoms with Crippen molar-refractivity contribution >= 4 is 11.7 Å². The minimum absolute atomic E-state index is 0.167. The Bertz CT molecular complexity index is 596. The lowest BCUT2D eigenvalue weighted by Gasteiger charge is -2.28. The maximum absolute atomic E-state index is 14.2. The van der Waals surface area contributed by atoms with Crippen molar-refractivity contribution in [1.29, 1.82) is 0 Å². The first-order chi connectivity index (χ1) is 9.78. The molecule has 2 aromatic rings. The van der Waals surface area contributed by atoms with E-state index < -0.39 is 0 Å². The van der Waals surface area contributed by atoms with Crippen LogP contribution in [0.15, 0.2) is 22.6 Å². The molecular weight excluding hydrogens is 263 g/mol. The Morgan fingerprint density at radius 3 is 2.70 bits per heavy atom. The van der Waals surface area contributed by atoms with E-state index in [1.165, 1.54) is 6.07 Å². The summed E-state index contributed by atoms with van der Waals surface area (Å²) < 4.78 is 24.8. The van der Waals surface area contributed by atoms with Crippen LogP contribution in [-0.4, -0.2) is 43.5 Å². The van der Waals surface area contributed by atoms with Crippen LogP contribution in [0.2, 0.25) is 0 Å². The SMILES string of the molecule is CNc1nnc(-c2ccc(N3CCOCC3)cc2F)o1. The van der Waals surface area contributed by atoms with Crippen LogP contribution in [0.5, 0.6) is 0 Å². The van der Waals surface area contributed by atoms with E-state index in [0.717, 1.165) is 18.8 Å². The molecule has 0 unspecified atom stereocenters. The molecule has 1 N–H and O–H groups in total. The molecule has 0 saturated carbocycles. The van der Waals surface area contributed by atoms with Gasteiger partial charge in [-0.25, -0.2) is 4.39 Å². The van der Waals surface area contributed by atoms with Gasteiger partial charge in [-0.2, -0.15) is 0 Å². The number of halogens is 1. The van der Waals surface area contributed by atoms with Crippen LogP contribution in [0.4, 0.5) is 16.1 Å².